The van der Waals surface area contributed by atoms with Gasteiger partial charge in [0.1, 0.15) is 29.9 Å². The van der Waals surface area contributed by atoms with Gasteiger partial charge in [0.05, 0.1) is 16.8 Å². The van der Waals surface area contributed by atoms with Crippen LogP contribution in [0.3, 0.4) is 0 Å². The zero-order valence-electron chi connectivity index (χ0n) is 22.5. The molecule has 7 nitrogen and oxygen atoms in total. The molecule has 206 valence electrons. The fourth-order valence-electron chi connectivity index (χ4n) is 5.74. The number of amides is 1. The van der Waals surface area contributed by atoms with Crippen LogP contribution in [-0.4, -0.2) is 84.9 Å². The third-order valence-corrected chi connectivity index (χ3v) is 7.78. The van der Waals surface area contributed by atoms with E-state index < -0.39 is 11.6 Å². The third kappa shape index (κ3) is 4.67. The highest BCUT2D eigenvalue weighted by Gasteiger charge is 2.42. The Morgan fingerprint density at radius 2 is 1.95 bits per heavy atom. The Labute approximate surface area is 232 Å². The lowest BCUT2D eigenvalue weighted by molar-refractivity contribution is -0.130. The highest BCUT2D eigenvalue weighted by molar-refractivity contribution is 6.35. The number of likely N-dealkylation sites (N-methyl/N-ethyl adjacent to an activating group) is 1. The molecule has 1 unspecified atom stereocenters. The summed E-state index contributed by atoms with van der Waals surface area (Å²) >= 11 is 6.85. The summed E-state index contributed by atoms with van der Waals surface area (Å²) in [5.74, 6) is 0.0972. The smallest absolute Gasteiger partial charge is 0.246 e. The quantitative estimate of drug-likeness (QED) is 0.510. The van der Waals surface area contributed by atoms with Crippen molar-refractivity contribution in [3.8, 4) is 16.9 Å². The van der Waals surface area contributed by atoms with E-state index in [1.165, 1.54) is 18.2 Å². The first-order chi connectivity index (χ1) is 18.5. The lowest BCUT2D eigenvalue weighted by Crippen LogP contribution is -2.60. The maximum Gasteiger partial charge on any atom is 0.246 e. The van der Waals surface area contributed by atoms with Crippen molar-refractivity contribution in [1.29, 1.82) is 0 Å². The maximum absolute atomic E-state index is 15.0. The second kappa shape index (κ2) is 10.3. The molecule has 0 N–H and O–H groups in total. The third-order valence-electron chi connectivity index (χ3n) is 7.48. The number of amidine groups is 1. The first kappa shape index (κ1) is 27.1. The monoisotopic (exact) mass is 555 g/mol. The molecule has 0 radical (unpaired) electrons. The molecule has 0 saturated carbocycles. The van der Waals surface area contributed by atoms with Gasteiger partial charge in [-0.15, -0.1) is 0 Å². The van der Waals surface area contributed by atoms with Crippen molar-refractivity contribution in [2.75, 3.05) is 45.2 Å². The van der Waals surface area contributed by atoms with E-state index in [0.717, 1.165) is 11.6 Å². The molecule has 0 aromatic heterocycles. The predicted octanol–water partition coefficient (Wildman–Crippen LogP) is 4.75. The van der Waals surface area contributed by atoms with Crippen molar-refractivity contribution in [3.63, 3.8) is 0 Å². The number of hydrogen-bond acceptors (Lipinski definition) is 6. The van der Waals surface area contributed by atoms with Gasteiger partial charge in [0.2, 0.25) is 5.91 Å². The average Bonchev–Trinajstić information content (AvgIpc) is 2.87. The van der Waals surface area contributed by atoms with Gasteiger partial charge >= 0.3 is 0 Å². The topological polar surface area (TPSA) is 51.6 Å². The number of carbonyl (C=O) groups is 1. The molecule has 2 aromatic carbocycles. The van der Waals surface area contributed by atoms with Crippen molar-refractivity contribution in [3.05, 3.63) is 71.5 Å². The highest BCUT2D eigenvalue weighted by Crippen LogP contribution is 2.51. The van der Waals surface area contributed by atoms with E-state index in [4.69, 9.17) is 21.3 Å². The summed E-state index contributed by atoms with van der Waals surface area (Å²) in [6.07, 6.45) is 1.34. The second-order valence-electron chi connectivity index (χ2n) is 10.6. The zero-order chi connectivity index (χ0) is 28.2. The Morgan fingerprint density at radius 1 is 1.21 bits per heavy atom. The summed E-state index contributed by atoms with van der Waals surface area (Å²) < 4.78 is 35.1. The lowest BCUT2D eigenvalue weighted by Gasteiger charge is -2.48. The number of anilines is 1. The van der Waals surface area contributed by atoms with Crippen molar-refractivity contribution in [2.24, 2.45) is 4.99 Å². The van der Waals surface area contributed by atoms with Crippen LogP contribution in [0.4, 0.5) is 14.5 Å². The first-order valence-electron chi connectivity index (χ1n) is 12.9. The zero-order valence-corrected chi connectivity index (χ0v) is 23.3. The first-order valence-corrected chi connectivity index (χ1v) is 13.3. The maximum atomic E-state index is 15.0. The van der Waals surface area contributed by atoms with Gasteiger partial charge in [-0.25, -0.2) is 13.8 Å². The van der Waals surface area contributed by atoms with Gasteiger partial charge in [-0.05, 0) is 52.2 Å². The van der Waals surface area contributed by atoms with E-state index in [9.17, 15) is 9.18 Å². The number of hydrogen-bond donors (Lipinski definition) is 0. The Balaban J connectivity index is 1.67. The molecule has 0 spiro atoms. The molecule has 2 aromatic rings. The van der Waals surface area contributed by atoms with Crippen LogP contribution in [0.5, 0.6) is 5.75 Å². The molecule has 10 heteroatoms. The van der Waals surface area contributed by atoms with E-state index in [0.29, 0.717) is 54.9 Å². The van der Waals surface area contributed by atoms with E-state index in [-0.39, 0.29) is 34.6 Å². The fraction of sp³-hybridized carbons (Fsp3) is 0.379. The summed E-state index contributed by atoms with van der Waals surface area (Å²) in [7, 11) is 3.96. The summed E-state index contributed by atoms with van der Waals surface area (Å²) in [4.78, 5) is 25.4. The van der Waals surface area contributed by atoms with Crippen LogP contribution < -0.4 is 9.64 Å². The molecular formula is C29H32ClF2N5O2. The number of benzene rings is 2. The van der Waals surface area contributed by atoms with Crippen LogP contribution in [-0.2, 0) is 4.79 Å². The van der Waals surface area contributed by atoms with Gasteiger partial charge in [0, 0.05) is 54.5 Å². The van der Waals surface area contributed by atoms with Gasteiger partial charge in [-0.1, -0.05) is 24.8 Å². The van der Waals surface area contributed by atoms with Gasteiger partial charge in [0.25, 0.3) is 0 Å². The van der Waals surface area contributed by atoms with Gasteiger partial charge in [0.15, 0.2) is 5.75 Å². The molecule has 0 aliphatic carbocycles. The van der Waals surface area contributed by atoms with E-state index in [1.54, 1.807) is 11.0 Å². The summed E-state index contributed by atoms with van der Waals surface area (Å²) in [5, 5.41) is 0.265. The molecule has 3 aliphatic rings. The lowest BCUT2D eigenvalue weighted by atomic mass is 9.94. The van der Waals surface area contributed by atoms with Crippen molar-refractivity contribution >= 4 is 29.0 Å². The molecular weight excluding hydrogens is 524 g/mol. The SMILES string of the molecule is C=CC(=O)N1C[C@H](C)N(C2=NC(=C)N3c4c2cc(Cl)c(-c2ccc(F)cc2F)c4OCC3CN(C)C)C[C@H]1C. The molecule has 5 rings (SSSR count). The number of rotatable bonds is 4. The minimum absolute atomic E-state index is 0.0612. The molecule has 3 heterocycles. The number of piperazine rings is 1. The summed E-state index contributed by atoms with van der Waals surface area (Å²) in [6.45, 7) is 14.0. The largest absolute Gasteiger partial charge is 0.488 e. The Morgan fingerprint density at radius 3 is 2.62 bits per heavy atom. The normalized spacial score (nSPS) is 22.5. The summed E-state index contributed by atoms with van der Waals surface area (Å²) in [6, 6.07) is 4.94. The highest BCUT2D eigenvalue weighted by atomic mass is 35.5. The molecule has 0 bridgehead atoms. The molecule has 3 atom stereocenters. The van der Waals surface area contributed by atoms with Crippen molar-refractivity contribution < 1.29 is 18.3 Å². The Bertz CT molecular complexity index is 1390. The van der Waals surface area contributed by atoms with E-state index >= 15 is 4.39 Å². The number of ether oxygens (including phenoxy) is 1. The fourth-order valence-corrected chi connectivity index (χ4v) is 6.04. The average molecular weight is 556 g/mol. The van der Waals surface area contributed by atoms with Crippen LogP contribution in [0, 0.1) is 11.6 Å². The molecule has 1 fully saturated rings. The second-order valence-corrected chi connectivity index (χ2v) is 11.0. The molecule has 1 saturated heterocycles. The minimum atomic E-state index is -0.729. The number of aliphatic imine (C=N–C) groups is 1. The number of nitrogens with zero attached hydrogens (tertiary/aromatic N) is 5. The minimum Gasteiger partial charge on any atom is -0.488 e. The van der Waals surface area contributed by atoms with Crippen LogP contribution in [0.15, 0.2) is 54.3 Å². The van der Waals surface area contributed by atoms with Gasteiger partial charge in [-0.2, -0.15) is 0 Å². The molecule has 39 heavy (non-hydrogen) atoms. The Kier molecular flexibility index (Phi) is 7.15. The van der Waals surface area contributed by atoms with Crippen LogP contribution in [0.25, 0.3) is 11.1 Å². The van der Waals surface area contributed by atoms with Crippen molar-refractivity contribution in [1.82, 2.24) is 14.7 Å². The molecule has 1 amide bonds. The number of halogens is 3. The van der Waals surface area contributed by atoms with Crippen molar-refractivity contribution in [2.45, 2.75) is 32.0 Å². The van der Waals surface area contributed by atoms with Crippen LogP contribution in [0.2, 0.25) is 5.02 Å². The van der Waals surface area contributed by atoms with E-state index in [2.05, 4.69) is 23.0 Å². The van der Waals surface area contributed by atoms with Crippen LogP contribution in [0.1, 0.15) is 19.4 Å². The standard InChI is InChI=1S/C29H32ClF2N5O2/c1-7-25(38)35-12-17(3)36(13-16(35)2)29-22-11-23(30)26(21-9-8-19(31)10-24(21)32)28-27(22)37(18(4)33-29)20(15-39-28)14-34(5)6/h7-11,16-17,20H,1,4,12-15H2,2-3,5-6H3/t16-,17+,20?/m1/s1. The molecule has 3 aliphatic heterocycles. The summed E-state index contributed by atoms with van der Waals surface area (Å²) in [5.41, 5.74) is 1.95. The van der Waals surface area contributed by atoms with E-state index in [1.807, 2.05) is 32.8 Å². The Hall–Kier alpha value is -3.43. The van der Waals surface area contributed by atoms with Crippen LogP contribution >= 0.6 is 11.6 Å². The van der Waals surface area contributed by atoms with Gasteiger partial charge in [-0.3, -0.25) is 4.79 Å². The van der Waals surface area contributed by atoms with Gasteiger partial charge < -0.3 is 24.3 Å². The number of carbonyl (C=O) groups excluding carboxylic acids is 1. The predicted molar refractivity (Wildman–Crippen MR) is 150 cm³/mol.